The SMILES string of the molecule is COc1cc(/C=N\NC(=O)c2cc3cc(Br)cc(Br)c3o2)ccc1OCC(=O)Nc1ccc(F)cc1. The molecular weight excluding hydrogens is 601 g/mol. The third-order valence-electron chi connectivity index (χ3n) is 4.81. The number of fused-ring (bicyclic) bond motifs is 1. The summed E-state index contributed by atoms with van der Waals surface area (Å²) in [6.45, 7) is -0.276. The number of amides is 2. The van der Waals surface area contributed by atoms with E-state index in [-0.39, 0.29) is 12.4 Å². The Morgan fingerprint density at radius 1 is 1.06 bits per heavy atom. The van der Waals surface area contributed by atoms with Gasteiger partial charge >= 0.3 is 5.91 Å². The van der Waals surface area contributed by atoms with Gasteiger partial charge in [0.15, 0.2) is 23.9 Å². The second kappa shape index (κ2) is 11.4. The zero-order chi connectivity index (χ0) is 25.7. The maximum absolute atomic E-state index is 13.0. The van der Waals surface area contributed by atoms with Crippen molar-refractivity contribution in [2.45, 2.75) is 0 Å². The minimum absolute atomic E-state index is 0.112. The van der Waals surface area contributed by atoms with Crippen LogP contribution in [0.1, 0.15) is 16.1 Å². The summed E-state index contributed by atoms with van der Waals surface area (Å²) in [7, 11) is 1.46. The minimum Gasteiger partial charge on any atom is -0.493 e. The third kappa shape index (κ3) is 6.29. The van der Waals surface area contributed by atoms with Crippen LogP contribution >= 0.6 is 31.9 Å². The summed E-state index contributed by atoms with van der Waals surface area (Å²) in [4.78, 5) is 24.5. The Kier molecular flexibility index (Phi) is 8.01. The lowest BCUT2D eigenvalue weighted by Crippen LogP contribution is -2.20. The van der Waals surface area contributed by atoms with Crippen molar-refractivity contribution >= 4 is 66.5 Å². The van der Waals surface area contributed by atoms with Crippen LogP contribution in [0.2, 0.25) is 0 Å². The normalized spacial score (nSPS) is 11.0. The smallest absolute Gasteiger partial charge is 0.307 e. The molecular formula is C25H18Br2FN3O5. The average Bonchev–Trinajstić information content (AvgIpc) is 3.29. The highest BCUT2D eigenvalue weighted by Crippen LogP contribution is 2.31. The number of halogens is 3. The van der Waals surface area contributed by atoms with Gasteiger partial charge in [0, 0.05) is 15.5 Å². The number of benzene rings is 3. The fourth-order valence-electron chi connectivity index (χ4n) is 3.17. The molecule has 11 heteroatoms. The number of methoxy groups -OCH3 is 1. The van der Waals surface area contributed by atoms with Gasteiger partial charge in [0.2, 0.25) is 0 Å². The number of nitrogens with zero attached hydrogens (tertiary/aromatic N) is 1. The highest BCUT2D eigenvalue weighted by molar-refractivity contribution is 9.11. The van der Waals surface area contributed by atoms with Crippen molar-refractivity contribution in [3.05, 3.63) is 86.8 Å². The molecule has 0 unspecified atom stereocenters. The summed E-state index contributed by atoms with van der Waals surface area (Å²) in [6.07, 6.45) is 1.43. The zero-order valence-electron chi connectivity index (χ0n) is 18.7. The molecule has 8 nitrogen and oxygen atoms in total. The number of hydrazone groups is 1. The molecule has 0 aliphatic heterocycles. The highest BCUT2D eigenvalue weighted by atomic mass is 79.9. The number of hydrogen-bond acceptors (Lipinski definition) is 6. The van der Waals surface area contributed by atoms with Crippen LogP contribution in [0.3, 0.4) is 0 Å². The van der Waals surface area contributed by atoms with E-state index in [4.69, 9.17) is 13.9 Å². The van der Waals surface area contributed by atoms with Gasteiger partial charge in [0.1, 0.15) is 11.4 Å². The lowest BCUT2D eigenvalue weighted by atomic mass is 10.2. The fourth-order valence-corrected chi connectivity index (χ4v) is 4.50. The van der Waals surface area contributed by atoms with Crippen molar-refractivity contribution in [1.82, 2.24) is 5.43 Å². The molecule has 184 valence electrons. The van der Waals surface area contributed by atoms with E-state index >= 15 is 0 Å². The van der Waals surface area contributed by atoms with E-state index in [2.05, 4.69) is 47.7 Å². The lowest BCUT2D eigenvalue weighted by molar-refractivity contribution is -0.118. The van der Waals surface area contributed by atoms with Gasteiger partial charge in [0.25, 0.3) is 5.91 Å². The van der Waals surface area contributed by atoms with E-state index in [1.807, 2.05) is 12.1 Å². The van der Waals surface area contributed by atoms with E-state index in [1.54, 1.807) is 24.3 Å². The number of nitrogens with one attached hydrogen (secondary N) is 2. The van der Waals surface area contributed by atoms with Crippen LogP contribution in [0.5, 0.6) is 11.5 Å². The third-order valence-corrected chi connectivity index (χ3v) is 5.86. The predicted molar refractivity (Wildman–Crippen MR) is 140 cm³/mol. The first kappa shape index (κ1) is 25.4. The Labute approximate surface area is 221 Å². The largest absolute Gasteiger partial charge is 0.493 e. The fraction of sp³-hybridized carbons (Fsp3) is 0.0800. The second-order valence-corrected chi connectivity index (χ2v) is 9.14. The number of anilines is 1. The minimum atomic E-state index is -0.510. The standard InChI is InChI=1S/C25H18Br2FN3O5/c1-34-21-8-14(2-7-20(21)35-13-23(32)30-18-5-3-17(28)4-6-18)12-29-31-25(33)22-10-15-9-16(26)11-19(27)24(15)36-22/h2-12H,13H2,1H3,(H,30,32)(H,31,33)/b29-12-. The van der Waals surface area contributed by atoms with Gasteiger partial charge in [-0.15, -0.1) is 0 Å². The van der Waals surface area contributed by atoms with E-state index in [0.29, 0.717) is 28.3 Å². The predicted octanol–water partition coefficient (Wildman–Crippen LogP) is 5.89. The molecule has 0 spiro atoms. The van der Waals surface area contributed by atoms with Gasteiger partial charge in [-0.2, -0.15) is 5.10 Å². The Morgan fingerprint density at radius 3 is 2.58 bits per heavy atom. The van der Waals surface area contributed by atoms with Crippen molar-refractivity contribution in [1.29, 1.82) is 0 Å². The molecule has 0 radical (unpaired) electrons. The number of carbonyl (C=O) groups excluding carboxylic acids is 2. The second-order valence-electron chi connectivity index (χ2n) is 7.37. The Morgan fingerprint density at radius 2 is 1.83 bits per heavy atom. The van der Waals surface area contributed by atoms with Crippen LogP contribution in [0.25, 0.3) is 11.0 Å². The van der Waals surface area contributed by atoms with E-state index < -0.39 is 17.6 Å². The van der Waals surface area contributed by atoms with Crippen molar-refractivity contribution in [2.75, 3.05) is 19.0 Å². The summed E-state index contributed by atoms with van der Waals surface area (Å²) >= 11 is 6.81. The van der Waals surface area contributed by atoms with E-state index in [1.165, 1.54) is 37.6 Å². The first-order chi connectivity index (χ1) is 17.3. The van der Waals surface area contributed by atoms with Gasteiger partial charge in [-0.25, -0.2) is 9.82 Å². The first-order valence-corrected chi connectivity index (χ1v) is 12.0. The van der Waals surface area contributed by atoms with Gasteiger partial charge in [-0.05, 0) is 82.2 Å². The van der Waals surface area contributed by atoms with E-state index in [9.17, 15) is 14.0 Å². The Bertz CT molecular complexity index is 1450. The summed E-state index contributed by atoms with van der Waals surface area (Å²) in [6, 6.07) is 15.6. The molecule has 0 bridgehead atoms. The molecule has 4 rings (SSSR count). The topological polar surface area (TPSA) is 102 Å². The molecule has 0 fully saturated rings. The maximum atomic E-state index is 13.0. The number of furan rings is 1. The summed E-state index contributed by atoms with van der Waals surface area (Å²) in [5.74, 6) is -0.499. The Balaban J connectivity index is 1.35. The summed E-state index contributed by atoms with van der Waals surface area (Å²) in [5, 5.41) is 7.34. The molecule has 0 saturated heterocycles. The molecule has 1 aromatic heterocycles. The van der Waals surface area contributed by atoms with E-state index in [0.717, 1.165) is 14.3 Å². The monoisotopic (exact) mass is 617 g/mol. The summed E-state index contributed by atoms with van der Waals surface area (Å²) in [5.41, 5.74) is 4.05. The molecule has 0 aliphatic rings. The van der Waals surface area contributed by atoms with Gasteiger partial charge in [0.05, 0.1) is 17.8 Å². The zero-order valence-corrected chi connectivity index (χ0v) is 21.9. The van der Waals surface area contributed by atoms with Gasteiger partial charge in [-0.3, -0.25) is 9.59 Å². The average molecular weight is 619 g/mol. The van der Waals surface area contributed by atoms with Gasteiger partial charge in [-0.1, -0.05) is 15.9 Å². The highest BCUT2D eigenvalue weighted by Gasteiger charge is 2.14. The van der Waals surface area contributed by atoms with Crippen molar-refractivity contribution in [2.24, 2.45) is 5.10 Å². The molecule has 3 aromatic carbocycles. The molecule has 0 saturated carbocycles. The van der Waals surface area contributed by atoms with Crippen LogP contribution in [-0.4, -0.2) is 31.7 Å². The molecule has 4 aromatic rings. The number of rotatable bonds is 8. The lowest BCUT2D eigenvalue weighted by Gasteiger charge is -2.11. The molecule has 0 atom stereocenters. The molecule has 0 aliphatic carbocycles. The molecule has 36 heavy (non-hydrogen) atoms. The Hall–Kier alpha value is -3.70. The van der Waals surface area contributed by atoms with Crippen molar-refractivity contribution in [3.8, 4) is 11.5 Å². The first-order valence-electron chi connectivity index (χ1n) is 10.4. The molecule has 2 N–H and O–H groups in total. The number of hydrogen-bond donors (Lipinski definition) is 2. The van der Waals surface area contributed by atoms with Crippen LogP contribution < -0.4 is 20.2 Å². The van der Waals surface area contributed by atoms with Crippen molar-refractivity contribution < 1.29 is 27.9 Å². The summed E-state index contributed by atoms with van der Waals surface area (Å²) < 4.78 is 31.0. The number of ether oxygens (including phenoxy) is 2. The molecule has 2 amide bonds. The van der Waals surface area contributed by atoms with Crippen LogP contribution in [0.4, 0.5) is 10.1 Å². The number of carbonyl (C=O) groups is 2. The molecule has 1 heterocycles. The van der Waals surface area contributed by atoms with Gasteiger partial charge < -0.3 is 19.2 Å². The van der Waals surface area contributed by atoms with Crippen LogP contribution in [0.15, 0.2) is 79.1 Å². The van der Waals surface area contributed by atoms with Crippen molar-refractivity contribution in [3.63, 3.8) is 0 Å². The van der Waals surface area contributed by atoms with Crippen LogP contribution in [0, 0.1) is 5.82 Å². The quantitative estimate of drug-likeness (QED) is 0.189. The van der Waals surface area contributed by atoms with Crippen LogP contribution in [-0.2, 0) is 4.79 Å². The maximum Gasteiger partial charge on any atom is 0.307 e.